The number of hydrogen-bond donors (Lipinski definition) is 4. The van der Waals surface area contributed by atoms with Crippen LogP contribution in [0.3, 0.4) is 0 Å². The molecule has 0 heterocycles. The van der Waals surface area contributed by atoms with E-state index in [0.29, 0.717) is 26.2 Å². The van der Waals surface area contributed by atoms with Crippen LogP contribution in [0.15, 0.2) is 0 Å². The molecule has 0 fully saturated rings. The van der Waals surface area contributed by atoms with Gasteiger partial charge in [-0.05, 0) is 0 Å². The molecule has 0 radical (unpaired) electrons. The molecular weight excluding hydrogens is 278 g/mol. The van der Waals surface area contributed by atoms with Crippen molar-refractivity contribution in [3.05, 3.63) is 0 Å². The molecule has 0 aromatic heterocycles. The van der Waals surface area contributed by atoms with Gasteiger partial charge < -0.3 is 20.8 Å². The number of carboxylic acids is 2. The lowest BCUT2D eigenvalue weighted by Crippen LogP contribution is -2.41. The van der Waals surface area contributed by atoms with E-state index in [1.807, 2.05) is 13.8 Å². The first kappa shape index (κ1) is 19.5. The first-order valence-electron chi connectivity index (χ1n) is 6.93. The SMILES string of the molecule is CC(C)C(=O)CNCCN(CCNCC(=O)O)CC(=O)O. The molecule has 122 valence electrons. The van der Waals surface area contributed by atoms with Gasteiger partial charge in [0, 0.05) is 32.1 Å². The fraction of sp³-hybridized carbons (Fsp3) is 0.769. The summed E-state index contributed by atoms with van der Waals surface area (Å²) in [4.78, 5) is 34.2. The van der Waals surface area contributed by atoms with Gasteiger partial charge in [-0.3, -0.25) is 19.3 Å². The molecule has 0 aliphatic heterocycles. The lowest BCUT2D eigenvalue weighted by atomic mass is 10.1. The largest absolute Gasteiger partial charge is 0.480 e. The number of carbonyl (C=O) groups is 3. The molecule has 0 aromatic carbocycles. The van der Waals surface area contributed by atoms with E-state index < -0.39 is 11.9 Å². The van der Waals surface area contributed by atoms with Crippen molar-refractivity contribution in [2.24, 2.45) is 5.92 Å². The molecule has 0 bridgehead atoms. The molecule has 0 unspecified atom stereocenters. The Labute approximate surface area is 124 Å². The third kappa shape index (κ3) is 12.0. The predicted molar refractivity (Wildman–Crippen MR) is 77.3 cm³/mol. The van der Waals surface area contributed by atoms with Crippen LogP contribution >= 0.6 is 0 Å². The number of ketones is 1. The van der Waals surface area contributed by atoms with Crippen molar-refractivity contribution in [2.45, 2.75) is 13.8 Å². The van der Waals surface area contributed by atoms with Crippen molar-refractivity contribution in [2.75, 3.05) is 45.8 Å². The van der Waals surface area contributed by atoms with E-state index in [0.717, 1.165) is 0 Å². The zero-order valence-electron chi connectivity index (χ0n) is 12.6. The smallest absolute Gasteiger partial charge is 0.317 e. The Morgan fingerprint density at radius 1 is 0.952 bits per heavy atom. The summed E-state index contributed by atoms with van der Waals surface area (Å²) in [7, 11) is 0. The van der Waals surface area contributed by atoms with E-state index in [1.54, 1.807) is 4.90 Å². The summed E-state index contributed by atoms with van der Waals surface area (Å²) in [5, 5.41) is 23.0. The minimum Gasteiger partial charge on any atom is -0.480 e. The number of carbonyl (C=O) groups excluding carboxylic acids is 1. The van der Waals surface area contributed by atoms with Crippen LogP contribution in [0, 0.1) is 5.92 Å². The summed E-state index contributed by atoms with van der Waals surface area (Å²) in [5.41, 5.74) is 0. The van der Waals surface area contributed by atoms with Gasteiger partial charge in [-0.25, -0.2) is 0 Å². The van der Waals surface area contributed by atoms with Crippen LogP contribution in [-0.2, 0) is 14.4 Å². The van der Waals surface area contributed by atoms with E-state index >= 15 is 0 Å². The number of rotatable bonds is 13. The van der Waals surface area contributed by atoms with Crippen LogP contribution in [0.5, 0.6) is 0 Å². The Morgan fingerprint density at radius 3 is 1.90 bits per heavy atom. The van der Waals surface area contributed by atoms with E-state index in [4.69, 9.17) is 10.2 Å². The standard InChI is InChI=1S/C13H25N3O5/c1-10(2)11(17)7-14-3-5-16(9-13(20)21)6-4-15-8-12(18)19/h10,14-15H,3-9H2,1-2H3,(H,18,19)(H,20,21). The number of aliphatic carboxylic acids is 2. The van der Waals surface area contributed by atoms with Gasteiger partial charge in [-0.15, -0.1) is 0 Å². The highest BCUT2D eigenvalue weighted by atomic mass is 16.4. The molecule has 0 aromatic rings. The van der Waals surface area contributed by atoms with Crippen LogP contribution in [0.25, 0.3) is 0 Å². The maximum Gasteiger partial charge on any atom is 0.317 e. The number of nitrogens with zero attached hydrogens (tertiary/aromatic N) is 1. The second-order valence-electron chi connectivity index (χ2n) is 5.04. The normalized spacial score (nSPS) is 11.0. The van der Waals surface area contributed by atoms with E-state index in [9.17, 15) is 14.4 Å². The topological polar surface area (TPSA) is 119 Å². The number of nitrogens with one attached hydrogen (secondary N) is 2. The monoisotopic (exact) mass is 303 g/mol. The van der Waals surface area contributed by atoms with Gasteiger partial charge in [0.25, 0.3) is 0 Å². The summed E-state index contributed by atoms with van der Waals surface area (Å²) in [5.74, 6) is -1.80. The predicted octanol–water partition coefficient (Wildman–Crippen LogP) is -1.14. The molecule has 8 heteroatoms. The fourth-order valence-electron chi connectivity index (χ4n) is 1.55. The molecule has 21 heavy (non-hydrogen) atoms. The number of carboxylic acid groups (broad SMARTS) is 2. The van der Waals surface area contributed by atoms with E-state index in [2.05, 4.69) is 10.6 Å². The summed E-state index contributed by atoms with van der Waals surface area (Å²) < 4.78 is 0. The van der Waals surface area contributed by atoms with E-state index in [1.165, 1.54) is 0 Å². The van der Waals surface area contributed by atoms with Gasteiger partial charge >= 0.3 is 11.9 Å². The first-order chi connectivity index (χ1) is 9.82. The van der Waals surface area contributed by atoms with Crippen LogP contribution < -0.4 is 10.6 Å². The van der Waals surface area contributed by atoms with Gasteiger partial charge in [0.05, 0.1) is 19.6 Å². The van der Waals surface area contributed by atoms with Crippen molar-refractivity contribution in [1.29, 1.82) is 0 Å². The minimum atomic E-state index is -0.950. The Balaban J connectivity index is 3.92. The molecule has 0 amide bonds. The molecule has 4 N–H and O–H groups in total. The highest BCUT2D eigenvalue weighted by molar-refractivity contribution is 5.82. The fourth-order valence-corrected chi connectivity index (χ4v) is 1.55. The van der Waals surface area contributed by atoms with Crippen molar-refractivity contribution in [3.63, 3.8) is 0 Å². The number of Topliss-reactive ketones (excluding diaryl/α,β-unsaturated/α-hetero) is 1. The third-order valence-corrected chi connectivity index (χ3v) is 2.79. The molecule has 0 saturated heterocycles. The Morgan fingerprint density at radius 2 is 1.48 bits per heavy atom. The van der Waals surface area contributed by atoms with Crippen molar-refractivity contribution in [3.8, 4) is 0 Å². The van der Waals surface area contributed by atoms with Crippen LogP contribution in [0.2, 0.25) is 0 Å². The van der Waals surface area contributed by atoms with Crippen LogP contribution in [-0.4, -0.2) is 78.6 Å². The van der Waals surface area contributed by atoms with E-state index in [-0.39, 0.29) is 31.3 Å². The zero-order chi connectivity index (χ0) is 16.3. The van der Waals surface area contributed by atoms with Gasteiger partial charge in [-0.2, -0.15) is 0 Å². The average molecular weight is 303 g/mol. The van der Waals surface area contributed by atoms with Gasteiger partial charge in [0.1, 0.15) is 5.78 Å². The molecule has 0 aliphatic carbocycles. The number of hydrogen-bond acceptors (Lipinski definition) is 6. The lowest BCUT2D eigenvalue weighted by Gasteiger charge is -2.20. The molecule has 8 nitrogen and oxygen atoms in total. The second kappa shape index (κ2) is 11.2. The summed E-state index contributed by atoms with van der Waals surface area (Å²) in [6.07, 6.45) is 0. The molecule has 0 saturated carbocycles. The van der Waals surface area contributed by atoms with Crippen molar-refractivity contribution in [1.82, 2.24) is 15.5 Å². The maximum absolute atomic E-state index is 11.4. The summed E-state index contributed by atoms with van der Waals surface area (Å²) in [6.45, 7) is 5.47. The Bertz CT molecular complexity index is 347. The Kier molecular flexibility index (Phi) is 10.4. The molecule has 0 aliphatic rings. The Hall–Kier alpha value is -1.51. The lowest BCUT2D eigenvalue weighted by molar-refractivity contribution is -0.139. The molecule has 0 atom stereocenters. The van der Waals surface area contributed by atoms with Crippen LogP contribution in [0.1, 0.15) is 13.8 Å². The summed E-state index contributed by atoms with van der Waals surface area (Å²) >= 11 is 0. The molecule has 0 rings (SSSR count). The van der Waals surface area contributed by atoms with Gasteiger partial charge in [-0.1, -0.05) is 13.8 Å². The van der Waals surface area contributed by atoms with Crippen LogP contribution in [0.4, 0.5) is 0 Å². The molecule has 0 spiro atoms. The van der Waals surface area contributed by atoms with Crippen molar-refractivity contribution < 1.29 is 24.6 Å². The van der Waals surface area contributed by atoms with Gasteiger partial charge in [0.15, 0.2) is 0 Å². The highest BCUT2D eigenvalue weighted by Crippen LogP contribution is 1.92. The van der Waals surface area contributed by atoms with Gasteiger partial charge in [0.2, 0.25) is 0 Å². The highest BCUT2D eigenvalue weighted by Gasteiger charge is 2.10. The molecular formula is C13H25N3O5. The van der Waals surface area contributed by atoms with Crippen molar-refractivity contribution >= 4 is 17.7 Å². The average Bonchev–Trinajstić information content (AvgIpc) is 2.37. The maximum atomic E-state index is 11.4. The second-order valence-corrected chi connectivity index (χ2v) is 5.04. The first-order valence-corrected chi connectivity index (χ1v) is 6.93. The minimum absolute atomic E-state index is 0.0205. The zero-order valence-corrected chi connectivity index (χ0v) is 12.6. The third-order valence-electron chi connectivity index (χ3n) is 2.79. The summed E-state index contributed by atoms with van der Waals surface area (Å²) in [6, 6.07) is 0. The quantitative estimate of drug-likeness (QED) is 0.315.